The lowest BCUT2D eigenvalue weighted by atomic mass is 9.94. The van der Waals surface area contributed by atoms with Crippen LogP contribution in [0.25, 0.3) is 21.2 Å². The Hall–Kier alpha value is -2.78. The van der Waals surface area contributed by atoms with Crippen molar-refractivity contribution >= 4 is 27.4 Å². The Balaban J connectivity index is 2.45. The lowest BCUT2D eigenvalue weighted by Crippen LogP contribution is -2.21. The van der Waals surface area contributed by atoms with E-state index in [4.69, 9.17) is 5.26 Å². The van der Waals surface area contributed by atoms with Gasteiger partial charge in [-0.15, -0.1) is 11.3 Å². The van der Waals surface area contributed by atoms with Crippen molar-refractivity contribution in [2.24, 2.45) is 0 Å². The van der Waals surface area contributed by atoms with Crippen LogP contribution in [0.3, 0.4) is 0 Å². The van der Waals surface area contributed by atoms with Crippen LogP contribution in [0.1, 0.15) is 20.8 Å². The predicted octanol–water partition coefficient (Wildman–Crippen LogP) is 3.39. The van der Waals surface area contributed by atoms with Gasteiger partial charge in [-0.05, 0) is 48.4 Å². The van der Waals surface area contributed by atoms with E-state index < -0.39 is 17.6 Å². The fourth-order valence-corrected chi connectivity index (χ4v) is 3.61. The third-order valence-electron chi connectivity index (χ3n) is 3.60. The molecule has 2 aromatic carbocycles. The zero-order valence-electron chi connectivity index (χ0n) is 11.8. The number of carboxylic acids is 1. The molecule has 6 heteroatoms. The molecule has 0 amide bonds. The lowest BCUT2D eigenvalue weighted by Gasteiger charge is -2.11. The molecule has 0 spiro atoms. The largest absolute Gasteiger partial charge is 0.544 e. The molecule has 0 saturated carbocycles. The van der Waals surface area contributed by atoms with Gasteiger partial charge in [0.1, 0.15) is 11.6 Å². The SMILES string of the molecule is Cc1c(C#N)cc(F)cc1-c1c(C(=O)[O-])sc2cc(F)ccc12. The highest BCUT2D eigenvalue weighted by Gasteiger charge is 2.19. The summed E-state index contributed by atoms with van der Waals surface area (Å²) in [5, 5.41) is 21.0. The Kier molecular flexibility index (Phi) is 3.58. The summed E-state index contributed by atoms with van der Waals surface area (Å²) in [6.07, 6.45) is 0. The zero-order chi connectivity index (χ0) is 16.7. The maximum atomic E-state index is 13.8. The maximum absolute atomic E-state index is 13.8. The van der Waals surface area contributed by atoms with Gasteiger partial charge in [-0.1, -0.05) is 0 Å². The Bertz CT molecular complexity index is 1000. The molecule has 0 atom stereocenters. The van der Waals surface area contributed by atoms with Gasteiger partial charge in [-0.3, -0.25) is 0 Å². The third kappa shape index (κ3) is 2.45. The van der Waals surface area contributed by atoms with E-state index in [1.807, 2.05) is 6.07 Å². The average Bonchev–Trinajstić information content (AvgIpc) is 2.87. The third-order valence-corrected chi connectivity index (χ3v) is 4.73. The number of thiophene rings is 1. The van der Waals surface area contributed by atoms with Crippen LogP contribution in [0.4, 0.5) is 8.78 Å². The summed E-state index contributed by atoms with van der Waals surface area (Å²) in [5.74, 6) is -2.57. The molecule has 0 N–H and O–H groups in total. The molecule has 114 valence electrons. The van der Waals surface area contributed by atoms with Gasteiger partial charge in [0.05, 0.1) is 22.5 Å². The standard InChI is InChI=1S/C17H9F2NO2S/c1-8-9(7-20)4-11(19)5-13(8)15-12-3-2-10(18)6-14(12)23-16(15)17(21)22/h2-6H,1H3,(H,21,22)/p-1. The molecule has 0 unspecified atom stereocenters. The monoisotopic (exact) mass is 328 g/mol. The quantitative estimate of drug-likeness (QED) is 0.724. The molecule has 0 aliphatic rings. The highest BCUT2D eigenvalue weighted by molar-refractivity contribution is 7.21. The molecule has 0 radical (unpaired) electrons. The number of nitriles is 1. The minimum atomic E-state index is -1.43. The number of carboxylic acid groups (broad SMARTS) is 1. The molecular formula is C17H8F2NO2S-. The second-order valence-electron chi connectivity index (χ2n) is 4.97. The number of rotatable bonds is 2. The molecule has 0 fully saturated rings. The van der Waals surface area contributed by atoms with Gasteiger partial charge in [0.15, 0.2) is 0 Å². The van der Waals surface area contributed by atoms with E-state index in [0.29, 0.717) is 21.2 Å². The summed E-state index contributed by atoms with van der Waals surface area (Å²) < 4.78 is 27.6. The van der Waals surface area contributed by atoms with Gasteiger partial charge in [0.2, 0.25) is 0 Å². The van der Waals surface area contributed by atoms with Gasteiger partial charge >= 0.3 is 0 Å². The molecule has 3 aromatic rings. The molecule has 3 nitrogen and oxygen atoms in total. The smallest absolute Gasteiger partial charge is 0.125 e. The number of fused-ring (bicyclic) bond motifs is 1. The fraction of sp³-hybridized carbons (Fsp3) is 0.0588. The van der Waals surface area contributed by atoms with Crippen molar-refractivity contribution in [2.75, 3.05) is 0 Å². The van der Waals surface area contributed by atoms with Crippen molar-refractivity contribution in [3.63, 3.8) is 0 Å². The maximum Gasteiger partial charge on any atom is 0.125 e. The second kappa shape index (κ2) is 5.45. The highest BCUT2D eigenvalue weighted by atomic mass is 32.1. The first kappa shape index (κ1) is 15.1. The number of carbonyl (C=O) groups excluding carboxylic acids is 1. The van der Waals surface area contributed by atoms with Crippen LogP contribution >= 0.6 is 11.3 Å². The zero-order valence-corrected chi connectivity index (χ0v) is 12.6. The van der Waals surface area contributed by atoms with Crippen LogP contribution in [0.15, 0.2) is 30.3 Å². The van der Waals surface area contributed by atoms with Gasteiger partial charge < -0.3 is 9.90 Å². The number of hydrogen-bond donors (Lipinski definition) is 0. The number of carbonyl (C=O) groups is 1. The molecule has 1 aromatic heterocycles. The summed E-state index contributed by atoms with van der Waals surface area (Å²) in [4.78, 5) is 11.3. The van der Waals surface area contributed by atoms with Crippen molar-refractivity contribution < 1.29 is 18.7 Å². The van der Waals surface area contributed by atoms with Gasteiger partial charge in [0.25, 0.3) is 0 Å². The van der Waals surface area contributed by atoms with E-state index in [-0.39, 0.29) is 16.0 Å². The van der Waals surface area contributed by atoms with E-state index in [1.54, 1.807) is 6.92 Å². The predicted molar refractivity (Wildman–Crippen MR) is 81.0 cm³/mol. The Labute approximate surface area is 134 Å². The molecule has 23 heavy (non-hydrogen) atoms. The number of halogens is 2. The van der Waals surface area contributed by atoms with Crippen LogP contribution in [0, 0.1) is 29.9 Å². The van der Waals surface area contributed by atoms with Crippen molar-refractivity contribution in [3.8, 4) is 17.2 Å². The van der Waals surface area contributed by atoms with Crippen LogP contribution < -0.4 is 5.11 Å². The fourth-order valence-electron chi connectivity index (χ4n) is 2.54. The average molecular weight is 328 g/mol. The van der Waals surface area contributed by atoms with E-state index in [9.17, 15) is 18.7 Å². The molecule has 1 heterocycles. The number of aromatic carboxylic acids is 1. The Morgan fingerprint density at radius 3 is 2.61 bits per heavy atom. The topological polar surface area (TPSA) is 63.9 Å². The lowest BCUT2D eigenvalue weighted by molar-refractivity contribution is -0.254. The first-order chi connectivity index (χ1) is 10.9. The van der Waals surface area contributed by atoms with Crippen LogP contribution in [0.2, 0.25) is 0 Å². The van der Waals surface area contributed by atoms with E-state index in [0.717, 1.165) is 17.4 Å². The summed E-state index contributed by atoms with van der Waals surface area (Å²) in [6, 6.07) is 8.02. The summed E-state index contributed by atoms with van der Waals surface area (Å²) in [7, 11) is 0. The van der Waals surface area contributed by atoms with Gasteiger partial charge in [0, 0.05) is 15.6 Å². The van der Waals surface area contributed by atoms with E-state index in [2.05, 4.69) is 0 Å². The molecule has 3 rings (SSSR count). The van der Waals surface area contributed by atoms with E-state index in [1.165, 1.54) is 24.3 Å². The van der Waals surface area contributed by atoms with Gasteiger partial charge in [-0.2, -0.15) is 5.26 Å². The van der Waals surface area contributed by atoms with Crippen LogP contribution in [-0.2, 0) is 0 Å². The number of nitrogens with zero attached hydrogens (tertiary/aromatic N) is 1. The molecule has 0 saturated heterocycles. The highest BCUT2D eigenvalue weighted by Crippen LogP contribution is 2.41. The van der Waals surface area contributed by atoms with Crippen molar-refractivity contribution in [1.29, 1.82) is 5.26 Å². The van der Waals surface area contributed by atoms with E-state index >= 15 is 0 Å². The number of benzene rings is 2. The van der Waals surface area contributed by atoms with Crippen LogP contribution in [-0.4, -0.2) is 5.97 Å². The Morgan fingerprint density at radius 2 is 1.96 bits per heavy atom. The molecule has 0 bridgehead atoms. The van der Waals surface area contributed by atoms with Crippen molar-refractivity contribution in [1.82, 2.24) is 0 Å². The summed E-state index contributed by atoms with van der Waals surface area (Å²) >= 11 is 0.862. The van der Waals surface area contributed by atoms with Gasteiger partial charge in [-0.25, -0.2) is 8.78 Å². The van der Waals surface area contributed by atoms with Crippen LogP contribution in [0.5, 0.6) is 0 Å². The second-order valence-corrected chi connectivity index (χ2v) is 6.02. The minimum Gasteiger partial charge on any atom is -0.544 e. The minimum absolute atomic E-state index is 0.116. The van der Waals surface area contributed by atoms with Crippen molar-refractivity contribution in [2.45, 2.75) is 6.92 Å². The molecule has 0 aliphatic heterocycles. The summed E-state index contributed by atoms with van der Waals surface area (Å²) in [5.41, 5.74) is 1.11. The summed E-state index contributed by atoms with van der Waals surface area (Å²) in [6.45, 7) is 1.61. The van der Waals surface area contributed by atoms with Crippen molar-refractivity contribution in [3.05, 3.63) is 58.0 Å². The normalized spacial score (nSPS) is 10.7. The number of hydrogen-bond acceptors (Lipinski definition) is 4. The first-order valence-electron chi connectivity index (χ1n) is 6.56. The Morgan fingerprint density at radius 1 is 1.22 bits per heavy atom. The molecule has 0 aliphatic carbocycles. The first-order valence-corrected chi connectivity index (χ1v) is 7.38. The molecular weight excluding hydrogens is 320 g/mol.